The largest absolute Gasteiger partial charge is 0.298 e. The van der Waals surface area contributed by atoms with Crippen molar-refractivity contribution in [3.8, 4) is 0 Å². The summed E-state index contributed by atoms with van der Waals surface area (Å²) in [7, 11) is 0. The van der Waals surface area contributed by atoms with Gasteiger partial charge in [0, 0.05) is 32.9 Å². The molecule has 98 valence electrons. The summed E-state index contributed by atoms with van der Waals surface area (Å²) in [6, 6.07) is 10.8. The molecule has 0 aromatic heterocycles. The van der Waals surface area contributed by atoms with Crippen LogP contribution in [0, 0.1) is 0 Å². The third-order valence-corrected chi connectivity index (χ3v) is 4.46. The molecule has 0 aliphatic carbocycles. The lowest BCUT2D eigenvalue weighted by Crippen LogP contribution is -2.05. The highest BCUT2D eigenvalue weighted by atomic mass is 32.2. The monoisotopic (exact) mass is 282 g/mol. The minimum atomic E-state index is -0.0296. The van der Waals surface area contributed by atoms with Crippen molar-refractivity contribution in [2.75, 3.05) is 0 Å². The SMILES string of the molecule is O=Cc1cc2c(cc1C=O)C(=O)Cc1ccccc1S2. The van der Waals surface area contributed by atoms with Crippen LogP contribution in [0.2, 0.25) is 0 Å². The van der Waals surface area contributed by atoms with E-state index in [9.17, 15) is 14.4 Å². The summed E-state index contributed by atoms with van der Waals surface area (Å²) in [4.78, 5) is 36.1. The van der Waals surface area contributed by atoms with E-state index in [2.05, 4.69) is 0 Å². The Hall–Kier alpha value is -2.20. The van der Waals surface area contributed by atoms with Gasteiger partial charge in [0.1, 0.15) is 0 Å². The van der Waals surface area contributed by atoms with Crippen LogP contribution in [-0.2, 0) is 6.42 Å². The summed E-state index contributed by atoms with van der Waals surface area (Å²) in [5.41, 5.74) is 2.06. The van der Waals surface area contributed by atoms with Gasteiger partial charge in [-0.1, -0.05) is 30.0 Å². The van der Waals surface area contributed by atoms with Crippen LogP contribution in [0.4, 0.5) is 0 Å². The van der Waals surface area contributed by atoms with E-state index in [0.29, 0.717) is 30.1 Å². The molecule has 0 atom stereocenters. The van der Waals surface area contributed by atoms with Gasteiger partial charge >= 0.3 is 0 Å². The lowest BCUT2D eigenvalue weighted by atomic mass is 9.99. The Labute approximate surface area is 120 Å². The predicted octanol–water partition coefficient (Wildman–Crippen LogP) is 3.20. The number of ketones is 1. The molecule has 0 unspecified atom stereocenters. The van der Waals surface area contributed by atoms with E-state index in [4.69, 9.17) is 0 Å². The Bertz CT molecular complexity index is 734. The van der Waals surface area contributed by atoms with Gasteiger partial charge in [0.25, 0.3) is 0 Å². The Balaban J connectivity index is 2.21. The number of hydrogen-bond acceptors (Lipinski definition) is 4. The Morgan fingerprint density at radius 3 is 2.40 bits per heavy atom. The quantitative estimate of drug-likeness (QED) is 0.794. The molecular formula is C16H10O3S. The van der Waals surface area contributed by atoms with Crippen molar-refractivity contribution in [1.82, 2.24) is 0 Å². The first-order valence-corrected chi connectivity index (χ1v) is 6.92. The lowest BCUT2D eigenvalue weighted by Gasteiger charge is -2.07. The number of benzene rings is 2. The average Bonchev–Trinajstić information content (AvgIpc) is 2.61. The van der Waals surface area contributed by atoms with E-state index in [1.165, 1.54) is 17.8 Å². The molecule has 0 saturated heterocycles. The molecule has 4 heteroatoms. The first-order valence-electron chi connectivity index (χ1n) is 6.10. The van der Waals surface area contributed by atoms with E-state index in [-0.39, 0.29) is 11.3 Å². The molecule has 2 aromatic rings. The number of carbonyl (C=O) groups excluding carboxylic acids is 3. The average molecular weight is 282 g/mol. The molecule has 1 aliphatic rings. The number of hydrogen-bond donors (Lipinski definition) is 0. The summed E-state index contributed by atoms with van der Waals surface area (Å²) in [5, 5.41) is 0. The van der Waals surface area contributed by atoms with Crippen molar-refractivity contribution in [2.45, 2.75) is 16.2 Å². The summed E-state index contributed by atoms with van der Waals surface area (Å²) in [5.74, 6) is -0.0296. The second-order valence-corrected chi connectivity index (χ2v) is 5.61. The van der Waals surface area contributed by atoms with Gasteiger partial charge < -0.3 is 0 Å². The van der Waals surface area contributed by atoms with Crippen LogP contribution in [0.1, 0.15) is 36.6 Å². The third kappa shape index (κ3) is 2.08. The molecule has 0 bridgehead atoms. The topological polar surface area (TPSA) is 51.2 Å². The molecular weight excluding hydrogens is 272 g/mol. The fourth-order valence-electron chi connectivity index (χ4n) is 2.25. The van der Waals surface area contributed by atoms with Gasteiger partial charge in [-0.15, -0.1) is 0 Å². The van der Waals surface area contributed by atoms with Crippen molar-refractivity contribution in [3.05, 3.63) is 58.7 Å². The van der Waals surface area contributed by atoms with E-state index >= 15 is 0 Å². The van der Waals surface area contributed by atoms with E-state index in [1.807, 2.05) is 24.3 Å². The van der Waals surface area contributed by atoms with Crippen LogP contribution in [0.5, 0.6) is 0 Å². The lowest BCUT2D eigenvalue weighted by molar-refractivity contribution is 0.0989. The Morgan fingerprint density at radius 2 is 1.65 bits per heavy atom. The Morgan fingerprint density at radius 1 is 0.950 bits per heavy atom. The molecule has 3 rings (SSSR count). The zero-order valence-electron chi connectivity index (χ0n) is 10.5. The normalized spacial score (nSPS) is 13.1. The Kier molecular flexibility index (Phi) is 3.24. The molecule has 0 saturated carbocycles. The second-order valence-electron chi connectivity index (χ2n) is 4.52. The minimum absolute atomic E-state index is 0.0296. The predicted molar refractivity (Wildman–Crippen MR) is 75.8 cm³/mol. The van der Waals surface area contributed by atoms with Crippen LogP contribution >= 0.6 is 11.8 Å². The van der Waals surface area contributed by atoms with Crippen LogP contribution in [0.15, 0.2) is 46.2 Å². The van der Waals surface area contributed by atoms with Crippen LogP contribution in [0.25, 0.3) is 0 Å². The highest BCUT2D eigenvalue weighted by Gasteiger charge is 2.21. The van der Waals surface area contributed by atoms with Crippen LogP contribution in [0.3, 0.4) is 0 Å². The van der Waals surface area contributed by atoms with Crippen molar-refractivity contribution < 1.29 is 14.4 Å². The molecule has 3 nitrogen and oxygen atoms in total. The van der Waals surface area contributed by atoms with Gasteiger partial charge in [-0.2, -0.15) is 0 Å². The smallest absolute Gasteiger partial charge is 0.168 e. The van der Waals surface area contributed by atoms with Crippen LogP contribution < -0.4 is 0 Å². The van der Waals surface area contributed by atoms with Gasteiger partial charge in [-0.3, -0.25) is 14.4 Å². The minimum Gasteiger partial charge on any atom is -0.298 e. The van der Waals surface area contributed by atoms with Crippen molar-refractivity contribution >= 4 is 30.1 Å². The van der Waals surface area contributed by atoms with Gasteiger partial charge in [-0.25, -0.2) is 0 Å². The van der Waals surface area contributed by atoms with Crippen molar-refractivity contribution in [2.24, 2.45) is 0 Å². The summed E-state index contributed by atoms with van der Waals surface area (Å²) in [6.07, 6.45) is 1.57. The number of carbonyl (C=O) groups is 3. The highest BCUT2D eigenvalue weighted by Crippen LogP contribution is 2.37. The maximum Gasteiger partial charge on any atom is 0.168 e. The molecule has 0 amide bonds. The summed E-state index contributed by atoms with van der Waals surface area (Å²) >= 11 is 1.46. The standard InChI is InChI=1S/C16H10O3S/c17-8-11-5-13-14(19)6-10-3-1-2-4-15(10)20-16(13)7-12(11)9-18/h1-5,7-9H,6H2. The summed E-state index contributed by atoms with van der Waals surface area (Å²) < 4.78 is 0. The fraction of sp³-hybridized carbons (Fsp3) is 0.0625. The first kappa shape index (κ1) is 12.8. The van der Waals surface area contributed by atoms with Gasteiger partial charge in [0.05, 0.1) is 0 Å². The van der Waals surface area contributed by atoms with E-state index < -0.39 is 0 Å². The second kappa shape index (κ2) is 5.06. The van der Waals surface area contributed by atoms with Gasteiger partial charge in [0.15, 0.2) is 18.4 Å². The number of fused-ring (bicyclic) bond motifs is 2. The molecule has 1 aliphatic heterocycles. The van der Waals surface area contributed by atoms with Crippen LogP contribution in [-0.4, -0.2) is 18.4 Å². The molecule has 0 radical (unpaired) electrons. The van der Waals surface area contributed by atoms with Crippen molar-refractivity contribution in [1.29, 1.82) is 0 Å². The maximum absolute atomic E-state index is 12.3. The summed E-state index contributed by atoms with van der Waals surface area (Å²) in [6.45, 7) is 0. The molecule has 2 aromatic carbocycles. The highest BCUT2D eigenvalue weighted by molar-refractivity contribution is 7.99. The van der Waals surface area contributed by atoms with Gasteiger partial charge in [-0.05, 0) is 23.8 Å². The zero-order valence-corrected chi connectivity index (χ0v) is 11.3. The molecule has 1 heterocycles. The van der Waals surface area contributed by atoms with E-state index in [0.717, 1.165) is 15.4 Å². The van der Waals surface area contributed by atoms with Gasteiger partial charge in [0.2, 0.25) is 0 Å². The zero-order chi connectivity index (χ0) is 14.1. The molecule has 0 spiro atoms. The number of rotatable bonds is 2. The molecule has 0 N–H and O–H groups in total. The maximum atomic E-state index is 12.3. The first-order chi connectivity index (χ1) is 9.72. The molecule has 20 heavy (non-hydrogen) atoms. The third-order valence-electron chi connectivity index (χ3n) is 3.28. The number of Topliss-reactive ketones (excluding diaryl/α,β-unsaturated/α-hetero) is 1. The number of aldehydes is 2. The molecule has 0 fully saturated rings. The fourth-order valence-corrected chi connectivity index (χ4v) is 3.38. The van der Waals surface area contributed by atoms with E-state index in [1.54, 1.807) is 6.07 Å². The van der Waals surface area contributed by atoms with Crippen molar-refractivity contribution in [3.63, 3.8) is 0 Å².